The number of hydrogen-bond acceptors (Lipinski definition) is 4. The minimum Gasteiger partial charge on any atom is -0.545 e. The van der Waals surface area contributed by atoms with Gasteiger partial charge in [0.15, 0.2) is 0 Å². The summed E-state index contributed by atoms with van der Waals surface area (Å²) in [6, 6.07) is 12.0. The highest BCUT2D eigenvalue weighted by atomic mass is 35.5. The van der Waals surface area contributed by atoms with Crippen molar-refractivity contribution in [3.8, 4) is 0 Å². The molecule has 1 amide bonds. The van der Waals surface area contributed by atoms with E-state index in [9.17, 15) is 14.7 Å². The van der Waals surface area contributed by atoms with Crippen molar-refractivity contribution in [2.75, 3.05) is 11.1 Å². The van der Waals surface area contributed by atoms with Crippen molar-refractivity contribution >= 4 is 40.9 Å². The van der Waals surface area contributed by atoms with Crippen LogP contribution >= 0.6 is 23.4 Å². The highest BCUT2D eigenvalue weighted by Gasteiger charge is 2.07. The first kappa shape index (κ1) is 17.4. The number of halogens is 1. The Morgan fingerprint density at radius 2 is 1.96 bits per heavy atom. The van der Waals surface area contributed by atoms with E-state index in [1.165, 1.54) is 23.9 Å². The van der Waals surface area contributed by atoms with Gasteiger partial charge >= 0.3 is 0 Å². The lowest BCUT2D eigenvalue weighted by atomic mass is 10.1. The van der Waals surface area contributed by atoms with Crippen molar-refractivity contribution in [1.82, 2.24) is 0 Å². The van der Waals surface area contributed by atoms with Gasteiger partial charge in [0.25, 0.3) is 0 Å². The molecule has 23 heavy (non-hydrogen) atoms. The third-order valence-electron chi connectivity index (χ3n) is 3.20. The van der Waals surface area contributed by atoms with Crippen molar-refractivity contribution in [2.45, 2.75) is 12.7 Å². The molecule has 120 valence electrons. The van der Waals surface area contributed by atoms with Crippen LogP contribution in [0.3, 0.4) is 0 Å². The Bertz CT molecular complexity index is 734. The first-order chi connectivity index (χ1) is 11.0. The van der Waals surface area contributed by atoms with Gasteiger partial charge in [0, 0.05) is 16.5 Å². The second kappa shape index (κ2) is 8.04. The van der Waals surface area contributed by atoms with Crippen LogP contribution in [0.1, 0.15) is 21.5 Å². The van der Waals surface area contributed by atoms with Crippen molar-refractivity contribution in [1.29, 1.82) is 0 Å². The molecule has 0 aromatic heterocycles. The molecule has 0 atom stereocenters. The van der Waals surface area contributed by atoms with Gasteiger partial charge in [-0.25, -0.2) is 0 Å². The van der Waals surface area contributed by atoms with Crippen LogP contribution in [0, 0.1) is 6.92 Å². The number of carboxylic acids is 1. The normalized spacial score (nSPS) is 10.3. The molecule has 0 radical (unpaired) electrons. The van der Waals surface area contributed by atoms with Gasteiger partial charge in [0.05, 0.1) is 11.7 Å². The van der Waals surface area contributed by atoms with E-state index < -0.39 is 5.97 Å². The van der Waals surface area contributed by atoms with Crippen LogP contribution in [0.25, 0.3) is 0 Å². The Morgan fingerprint density at radius 3 is 2.65 bits per heavy atom. The summed E-state index contributed by atoms with van der Waals surface area (Å²) in [4.78, 5) is 22.9. The summed E-state index contributed by atoms with van der Waals surface area (Å²) in [6.45, 7) is 1.80. The van der Waals surface area contributed by atoms with Crippen LogP contribution in [0.4, 0.5) is 5.69 Å². The fraction of sp³-hybridized carbons (Fsp3) is 0.176. The molecule has 0 aliphatic carbocycles. The molecule has 4 nitrogen and oxygen atoms in total. The van der Waals surface area contributed by atoms with E-state index in [0.29, 0.717) is 16.5 Å². The number of anilines is 1. The van der Waals surface area contributed by atoms with Crippen LogP contribution in [0.15, 0.2) is 42.5 Å². The highest BCUT2D eigenvalue weighted by molar-refractivity contribution is 7.99. The Balaban J connectivity index is 1.91. The average Bonchev–Trinajstić information content (AvgIpc) is 2.51. The maximum atomic E-state index is 12.0. The van der Waals surface area contributed by atoms with Gasteiger partial charge in [0.2, 0.25) is 5.91 Å². The van der Waals surface area contributed by atoms with Crippen molar-refractivity contribution in [3.05, 3.63) is 64.2 Å². The first-order valence-corrected chi connectivity index (χ1v) is 8.43. The van der Waals surface area contributed by atoms with Crippen LogP contribution < -0.4 is 10.4 Å². The molecule has 0 spiro atoms. The Hall–Kier alpha value is -1.98. The molecule has 6 heteroatoms. The summed E-state index contributed by atoms with van der Waals surface area (Å²) in [6.07, 6.45) is 0. The number of aromatic carboxylic acids is 1. The number of aryl methyl sites for hydroxylation is 1. The second-order valence-corrected chi connectivity index (χ2v) is 6.34. The second-order valence-electron chi connectivity index (χ2n) is 4.95. The molecule has 0 aliphatic rings. The quantitative estimate of drug-likeness (QED) is 0.871. The fourth-order valence-corrected chi connectivity index (χ4v) is 3.05. The third-order valence-corrected chi connectivity index (χ3v) is 4.55. The molecule has 2 aromatic rings. The summed E-state index contributed by atoms with van der Waals surface area (Å²) in [5.74, 6) is -0.583. The molecule has 2 rings (SSSR count). The van der Waals surface area contributed by atoms with Crippen LogP contribution in [0.5, 0.6) is 0 Å². The SMILES string of the molecule is Cc1ccc(C(=O)[O-])cc1NC(=O)CSCc1ccccc1Cl. The van der Waals surface area contributed by atoms with Gasteiger partial charge in [-0.3, -0.25) is 4.79 Å². The highest BCUT2D eigenvalue weighted by Crippen LogP contribution is 2.21. The standard InChI is InChI=1S/C17H16ClNO3S/c1-11-6-7-12(17(21)22)8-15(11)19-16(20)10-23-9-13-4-2-3-5-14(13)18/h2-8H,9-10H2,1H3,(H,19,20)(H,21,22)/p-1. The summed E-state index contributed by atoms with van der Waals surface area (Å²) in [5, 5.41) is 14.3. The number of carboxylic acid groups (broad SMARTS) is 1. The maximum absolute atomic E-state index is 12.0. The summed E-state index contributed by atoms with van der Waals surface area (Å²) in [5.41, 5.74) is 2.28. The van der Waals surface area contributed by atoms with E-state index >= 15 is 0 Å². The smallest absolute Gasteiger partial charge is 0.234 e. The predicted molar refractivity (Wildman–Crippen MR) is 91.8 cm³/mol. The number of hydrogen-bond donors (Lipinski definition) is 1. The number of benzene rings is 2. The number of amides is 1. The van der Waals surface area contributed by atoms with E-state index in [1.54, 1.807) is 13.0 Å². The predicted octanol–water partition coefficient (Wildman–Crippen LogP) is 2.88. The molecule has 0 bridgehead atoms. The monoisotopic (exact) mass is 348 g/mol. The summed E-state index contributed by atoms with van der Waals surface area (Å²) < 4.78 is 0. The number of nitrogens with one attached hydrogen (secondary N) is 1. The van der Waals surface area contributed by atoms with Gasteiger partial charge in [-0.15, -0.1) is 11.8 Å². The number of rotatable bonds is 6. The minimum atomic E-state index is -1.27. The van der Waals surface area contributed by atoms with Crippen molar-refractivity contribution in [3.63, 3.8) is 0 Å². The molecular formula is C17H15ClNO3S-. The molecule has 0 saturated heterocycles. The van der Waals surface area contributed by atoms with E-state index in [4.69, 9.17) is 11.6 Å². The molecule has 0 aliphatic heterocycles. The van der Waals surface area contributed by atoms with Crippen molar-refractivity contribution < 1.29 is 14.7 Å². The summed E-state index contributed by atoms with van der Waals surface area (Å²) in [7, 11) is 0. The molecule has 0 saturated carbocycles. The van der Waals surface area contributed by atoms with Crippen LogP contribution in [0.2, 0.25) is 5.02 Å². The van der Waals surface area contributed by atoms with E-state index in [0.717, 1.165) is 11.1 Å². The molecule has 0 unspecified atom stereocenters. The molecule has 2 aromatic carbocycles. The zero-order chi connectivity index (χ0) is 16.8. The molecular weight excluding hydrogens is 334 g/mol. The van der Waals surface area contributed by atoms with E-state index in [2.05, 4.69) is 5.32 Å². The van der Waals surface area contributed by atoms with Crippen LogP contribution in [-0.2, 0) is 10.5 Å². The van der Waals surface area contributed by atoms with Gasteiger partial charge in [-0.05, 0) is 35.7 Å². The lowest BCUT2D eigenvalue weighted by Crippen LogP contribution is -2.23. The van der Waals surface area contributed by atoms with Crippen LogP contribution in [-0.4, -0.2) is 17.6 Å². The molecule has 0 fully saturated rings. The lowest BCUT2D eigenvalue weighted by molar-refractivity contribution is -0.255. The summed E-state index contributed by atoms with van der Waals surface area (Å²) >= 11 is 7.50. The maximum Gasteiger partial charge on any atom is 0.234 e. The number of carbonyl (C=O) groups is 2. The van der Waals surface area contributed by atoms with Gasteiger partial charge in [-0.2, -0.15) is 0 Å². The Morgan fingerprint density at radius 1 is 1.22 bits per heavy atom. The van der Waals surface area contributed by atoms with Gasteiger partial charge in [-0.1, -0.05) is 41.9 Å². The van der Waals surface area contributed by atoms with E-state index in [-0.39, 0.29) is 17.2 Å². The molecule has 1 N–H and O–H groups in total. The zero-order valence-corrected chi connectivity index (χ0v) is 14.0. The fourth-order valence-electron chi connectivity index (χ4n) is 1.94. The molecule has 0 heterocycles. The minimum absolute atomic E-state index is 0.0367. The Kier molecular flexibility index (Phi) is 6.07. The third kappa shape index (κ3) is 5.01. The Labute approximate surface area is 143 Å². The van der Waals surface area contributed by atoms with E-state index in [1.807, 2.05) is 24.3 Å². The topological polar surface area (TPSA) is 69.2 Å². The first-order valence-electron chi connectivity index (χ1n) is 6.90. The number of carbonyl (C=O) groups excluding carboxylic acids is 2. The van der Waals surface area contributed by atoms with Crippen molar-refractivity contribution in [2.24, 2.45) is 0 Å². The zero-order valence-electron chi connectivity index (χ0n) is 12.5. The average molecular weight is 349 g/mol. The largest absolute Gasteiger partial charge is 0.545 e. The van der Waals surface area contributed by atoms with Gasteiger partial charge in [0.1, 0.15) is 0 Å². The number of thioether (sulfide) groups is 1. The van der Waals surface area contributed by atoms with Gasteiger partial charge < -0.3 is 15.2 Å². The lowest BCUT2D eigenvalue weighted by Gasteiger charge is -2.11.